The second-order valence-electron chi connectivity index (χ2n) is 5.35. The second-order valence-corrected chi connectivity index (χ2v) is 6.38. The van der Waals surface area contributed by atoms with Crippen LogP contribution in [0.4, 0.5) is 0 Å². The van der Waals surface area contributed by atoms with E-state index in [9.17, 15) is 0 Å². The summed E-state index contributed by atoms with van der Waals surface area (Å²) in [4.78, 5) is 1.43. The first-order chi connectivity index (χ1) is 10.3. The number of para-hydroxylation sites is 1. The number of nitrogens with zero attached hydrogens (tertiary/aromatic N) is 2. The molecule has 0 bridgehead atoms. The van der Waals surface area contributed by atoms with Gasteiger partial charge in [0.05, 0.1) is 11.2 Å². The van der Waals surface area contributed by atoms with Crippen LogP contribution in [0.25, 0.3) is 10.9 Å². The van der Waals surface area contributed by atoms with E-state index in [1.807, 2.05) is 11.3 Å². The monoisotopic (exact) mass is 299 g/mol. The summed E-state index contributed by atoms with van der Waals surface area (Å²) < 4.78 is 2.08. The van der Waals surface area contributed by atoms with Gasteiger partial charge in [-0.05, 0) is 37.8 Å². The van der Waals surface area contributed by atoms with Crippen molar-refractivity contribution in [2.45, 2.75) is 39.4 Å². The molecular formula is C17H21N3S. The van der Waals surface area contributed by atoms with Crippen molar-refractivity contribution < 1.29 is 0 Å². The molecule has 4 heteroatoms. The molecule has 0 spiro atoms. The van der Waals surface area contributed by atoms with Crippen molar-refractivity contribution in [1.82, 2.24) is 15.1 Å². The average Bonchev–Trinajstić information content (AvgIpc) is 3.12. The Balaban J connectivity index is 1.70. The molecule has 3 nitrogen and oxygen atoms in total. The Hall–Kier alpha value is -1.65. The molecule has 110 valence electrons. The third-order valence-electron chi connectivity index (χ3n) is 3.74. The third kappa shape index (κ3) is 3.17. The van der Waals surface area contributed by atoms with Crippen LogP contribution in [0.3, 0.4) is 0 Å². The van der Waals surface area contributed by atoms with Gasteiger partial charge in [0.2, 0.25) is 0 Å². The third-order valence-corrected chi connectivity index (χ3v) is 4.64. The summed E-state index contributed by atoms with van der Waals surface area (Å²) in [7, 11) is 0. The molecule has 0 fully saturated rings. The lowest BCUT2D eigenvalue weighted by molar-refractivity contribution is 0.537. The number of aromatic nitrogens is 2. The number of rotatable bonds is 6. The standard InChI is InChI=1S/C17H21N3S/c1-3-20-17-9-5-4-8-15(17)16(19-20)12-18-13(2)11-14-7-6-10-21-14/h4-10,13,18H,3,11-12H2,1-2H3. The highest BCUT2D eigenvalue weighted by atomic mass is 32.1. The molecule has 0 amide bonds. The molecule has 0 aliphatic rings. The number of benzene rings is 1. The molecule has 2 aromatic heterocycles. The fraction of sp³-hybridized carbons (Fsp3) is 0.353. The van der Waals surface area contributed by atoms with Crippen molar-refractivity contribution in [2.24, 2.45) is 0 Å². The molecule has 21 heavy (non-hydrogen) atoms. The van der Waals surface area contributed by atoms with Crippen molar-refractivity contribution >= 4 is 22.2 Å². The summed E-state index contributed by atoms with van der Waals surface area (Å²) in [6.45, 7) is 6.10. The largest absolute Gasteiger partial charge is 0.308 e. The second kappa shape index (κ2) is 6.41. The van der Waals surface area contributed by atoms with E-state index in [1.54, 1.807) is 0 Å². The number of thiophene rings is 1. The first-order valence-electron chi connectivity index (χ1n) is 7.48. The summed E-state index contributed by atoms with van der Waals surface area (Å²) in [5, 5.41) is 11.7. The minimum atomic E-state index is 0.453. The smallest absolute Gasteiger partial charge is 0.0841 e. The Morgan fingerprint density at radius 3 is 2.86 bits per heavy atom. The van der Waals surface area contributed by atoms with E-state index in [1.165, 1.54) is 15.8 Å². The van der Waals surface area contributed by atoms with Crippen molar-refractivity contribution in [3.8, 4) is 0 Å². The van der Waals surface area contributed by atoms with Crippen LogP contribution in [0.15, 0.2) is 41.8 Å². The molecule has 3 rings (SSSR count). The average molecular weight is 299 g/mol. The number of hydrogen-bond donors (Lipinski definition) is 1. The van der Waals surface area contributed by atoms with Crippen molar-refractivity contribution in [2.75, 3.05) is 0 Å². The van der Waals surface area contributed by atoms with Crippen LogP contribution in [0, 0.1) is 0 Å². The van der Waals surface area contributed by atoms with Crippen LogP contribution in [0.1, 0.15) is 24.4 Å². The van der Waals surface area contributed by atoms with Crippen LogP contribution in [0.5, 0.6) is 0 Å². The highest BCUT2D eigenvalue weighted by Crippen LogP contribution is 2.18. The first-order valence-corrected chi connectivity index (χ1v) is 8.36. The van der Waals surface area contributed by atoms with E-state index >= 15 is 0 Å². The minimum Gasteiger partial charge on any atom is -0.308 e. The van der Waals surface area contributed by atoms with Crippen LogP contribution in [0.2, 0.25) is 0 Å². The summed E-state index contributed by atoms with van der Waals surface area (Å²) >= 11 is 1.82. The number of hydrogen-bond acceptors (Lipinski definition) is 3. The zero-order valence-electron chi connectivity index (χ0n) is 12.5. The lowest BCUT2D eigenvalue weighted by atomic mass is 10.2. The van der Waals surface area contributed by atoms with Crippen LogP contribution >= 0.6 is 11.3 Å². The predicted octanol–water partition coefficient (Wildman–Crippen LogP) is 3.84. The zero-order valence-corrected chi connectivity index (χ0v) is 13.4. The molecule has 0 saturated carbocycles. The molecule has 1 atom stereocenters. The molecule has 2 heterocycles. The molecular weight excluding hydrogens is 278 g/mol. The van der Waals surface area contributed by atoms with Gasteiger partial charge in [-0.3, -0.25) is 4.68 Å². The van der Waals surface area contributed by atoms with E-state index in [-0.39, 0.29) is 0 Å². The maximum absolute atomic E-state index is 4.73. The van der Waals surface area contributed by atoms with E-state index in [2.05, 4.69) is 65.6 Å². The summed E-state index contributed by atoms with van der Waals surface area (Å²) in [6, 6.07) is 13.2. The number of nitrogens with one attached hydrogen (secondary N) is 1. The molecule has 1 aromatic carbocycles. The SMILES string of the molecule is CCn1nc(CNC(C)Cc2cccs2)c2ccccc21. The van der Waals surface area contributed by atoms with Gasteiger partial charge in [-0.1, -0.05) is 24.3 Å². The topological polar surface area (TPSA) is 29.9 Å². The van der Waals surface area contributed by atoms with Gasteiger partial charge >= 0.3 is 0 Å². The highest BCUT2D eigenvalue weighted by molar-refractivity contribution is 7.09. The van der Waals surface area contributed by atoms with Gasteiger partial charge in [0.25, 0.3) is 0 Å². The summed E-state index contributed by atoms with van der Waals surface area (Å²) in [5.41, 5.74) is 2.37. The molecule has 0 aliphatic heterocycles. The predicted molar refractivity (Wildman–Crippen MR) is 89.7 cm³/mol. The van der Waals surface area contributed by atoms with Crippen LogP contribution in [-0.2, 0) is 19.5 Å². The maximum Gasteiger partial charge on any atom is 0.0841 e. The van der Waals surface area contributed by atoms with E-state index in [0.717, 1.165) is 25.2 Å². The molecule has 0 radical (unpaired) electrons. The van der Waals surface area contributed by atoms with Crippen molar-refractivity contribution in [1.29, 1.82) is 0 Å². The van der Waals surface area contributed by atoms with E-state index < -0.39 is 0 Å². The van der Waals surface area contributed by atoms with Gasteiger partial charge in [0.15, 0.2) is 0 Å². The van der Waals surface area contributed by atoms with Gasteiger partial charge in [0.1, 0.15) is 0 Å². The zero-order chi connectivity index (χ0) is 14.7. The molecule has 3 aromatic rings. The summed E-state index contributed by atoms with van der Waals surface area (Å²) in [6.07, 6.45) is 1.07. The summed E-state index contributed by atoms with van der Waals surface area (Å²) in [5.74, 6) is 0. The van der Waals surface area contributed by atoms with E-state index in [4.69, 9.17) is 5.10 Å². The minimum absolute atomic E-state index is 0.453. The quantitative estimate of drug-likeness (QED) is 0.749. The Morgan fingerprint density at radius 2 is 2.10 bits per heavy atom. The van der Waals surface area contributed by atoms with Gasteiger partial charge in [-0.2, -0.15) is 5.10 Å². The van der Waals surface area contributed by atoms with E-state index in [0.29, 0.717) is 6.04 Å². The van der Waals surface area contributed by atoms with Gasteiger partial charge in [-0.15, -0.1) is 11.3 Å². The molecule has 0 saturated heterocycles. The van der Waals surface area contributed by atoms with Crippen molar-refractivity contribution in [3.63, 3.8) is 0 Å². The highest BCUT2D eigenvalue weighted by Gasteiger charge is 2.10. The first kappa shape index (κ1) is 14.3. The van der Waals surface area contributed by atoms with Crippen LogP contribution < -0.4 is 5.32 Å². The lowest BCUT2D eigenvalue weighted by Gasteiger charge is -2.11. The lowest BCUT2D eigenvalue weighted by Crippen LogP contribution is -2.27. The molecule has 0 aliphatic carbocycles. The molecule has 1 unspecified atom stereocenters. The van der Waals surface area contributed by atoms with Crippen LogP contribution in [-0.4, -0.2) is 15.8 Å². The fourth-order valence-electron chi connectivity index (χ4n) is 2.64. The van der Waals surface area contributed by atoms with Gasteiger partial charge < -0.3 is 5.32 Å². The normalized spacial score (nSPS) is 12.9. The van der Waals surface area contributed by atoms with Crippen molar-refractivity contribution in [3.05, 3.63) is 52.3 Å². The number of fused-ring (bicyclic) bond motifs is 1. The molecule has 1 N–H and O–H groups in total. The Bertz CT molecular complexity index is 700. The Morgan fingerprint density at radius 1 is 1.24 bits per heavy atom. The van der Waals surface area contributed by atoms with Gasteiger partial charge in [0, 0.05) is 29.4 Å². The number of aryl methyl sites for hydroxylation is 1. The van der Waals surface area contributed by atoms with Gasteiger partial charge in [-0.25, -0.2) is 0 Å². The Labute approximate surface area is 129 Å². The Kier molecular flexibility index (Phi) is 4.36. The maximum atomic E-state index is 4.73. The fourth-order valence-corrected chi connectivity index (χ4v) is 3.48.